The lowest BCUT2D eigenvalue weighted by molar-refractivity contribution is -0.123. The van der Waals surface area contributed by atoms with E-state index in [1.807, 2.05) is 27.7 Å². The highest BCUT2D eigenvalue weighted by molar-refractivity contribution is 14.1. The number of carbonyl (C=O) groups excluding carboxylic acids is 1. The number of carbonyl (C=O) groups is 1. The number of amides is 1. The Morgan fingerprint density at radius 3 is 2.40 bits per heavy atom. The third-order valence-corrected chi connectivity index (χ3v) is 5.66. The monoisotopic (exact) mass is 450 g/mol. The first-order chi connectivity index (χ1) is 9.15. The number of benzene rings is 1. The summed E-state index contributed by atoms with van der Waals surface area (Å²) >= 11 is 5.60. The van der Waals surface area contributed by atoms with Crippen molar-refractivity contribution < 1.29 is 9.53 Å². The van der Waals surface area contributed by atoms with Gasteiger partial charge in [0, 0.05) is 8.99 Å². The predicted octanol–water partition coefficient (Wildman–Crippen LogP) is 4.23. The normalized spacial score (nSPS) is 10.9. The average Bonchev–Trinajstić information content (AvgIpc) is 2.36. The lowest BCUT2D eigenvalue weighted by atomic mass is 9.95. The van der Waals surface area contributed by atoms with Gasteiger partial charge in [-0.1, -0.05) is 20.8 Å². The molecular formula is C14H16BrIN2O2. The molecule has 0 heterocycles. The van der Waals surface area contributed by atoms with Crippen LogP contribution in [0.3, 0.4) is 0 Å². The van der Waals surface area contributed by atoms with E-state index >= 15 is 0 Å². The van der Waals surface area contributed by atoms with Crippen LogP contribution >= 0.6 is 38.5 Å². The lowest BCUT2D eigenvalue weighted by Gasteiger charge is -2.21. The summed E-state index contributed by atoms with van der Waals surface area (Å²) in [6.07, 6.45) is 0. The first-order valence-electron chi connectivity index (χ1n) is 5.92. The molecular weight excluding hydrogens is 435 g/mol. The van der Waals surface area contributed by atoms with Crippen LogP contribution in [0.25, 0.3) is 0 Å². The molecule has 20 heavy (non-hydrogen) atoms. The first-order valence-corrected chi connectivity index (χ1v) is 7.79. The Hall–Kier alpha value is -0.810. The van der Waals surface area contributed by atoms with Crippen molar-refractivity contribution in [3.8, 4) is 11.8 Å². The molecule has 1 N–H and O–H groups in total. The molecule has 1 aromatic rings. The van der Waals surface area contributed by atoms with E-state index in [0.717, 1.165) is 13.6 Å². The van der Waals surface area contributed by atoms with Crippen LogP contribution in [0.1, 0.15) is 31.9 Å². The van der Waals surface area contributed by atoms with Crippen molar-refractivity contribution in [2.45, 2.75) is 27.7 Å². The van der Waals surface area contributed by atoms with E-state index in [1.54, 1.807) is 0 Å². The molecule has 0 saturated carbocycles. The highest BCUT2D eigenvalue weighted by Gasteiger charge is 2.26. The van der Waals surface area contributed by atoms with E-state index in [2.05, 4.69) is 49.9 Å². The van der Waals surface area contributed by atoms with Crippen LogP contribution in [-0.2, 0) is 4.79 Å². The van der Waals surface area contributed by atoms with E-state index in [4.69, 9.17) is 4.74 Å². The van der Waals surface area contributed by atoms with Crippen molar-refractivity contribution in [1.29, 1.82) is 5.26 Å². The number of hydrogen-bond donors (Lipinski definition) is 1. The fourth-order valence-corrected chi connectivity index (χ4v) is 2.71. The zero-order valence-corrected chi connectivity index (χ0v) is 15.8. The van der Waals surface area contributed by atoms with Gasteiger partial charge in [0.2, 0.25) is 5.91 Å². The minimum Gasteiger partial charge on any atom is -0.493 e. The zero-order chi connectivity index (χ0) is 15.7. The highest BCUT2D eigenvalue weighted by Crippen LogP contribution is 2.42. The molecule has 0 radical (unpaired) electrons. The van der Waals surface area contributed by atoms with Gasteiger partial charge in [-0.25, -0.2) is 0 Å². The maximum absolute atomic E-state index is 12.2. The van der Waals surface area contributed by atoms with Crippen molar-refractivity contribution in [1.82, 2.24) is 0 Å². The fourth-order valence-electron chi connectivity index (χ4n) is 1.54. The van der Waals surface area contributed by atoms with Gasteiger partial charge in [0.05, 0.1) is 17.1 Å². The minimum absolute atomic E-state index is 0.167. The van der Waals surface area contributed by atoms with Crippen molar-refractivity contribution in [3.05, 3.63) is 19.2 Å². The fraction of sp³-hybridized carbons (Fsp3) is 0.429. The van der Waals surface area contributed by atoms with Crippen molar-refractivity contribution in [2.75, 3.05) is 12.4 Å². The smallest absolute Gasteiger partial charge is 0.229 e. The Morgan fingerprint density at radius 2 is 2.00 bits per heavy atom. The minimum atomic E-state index is -0.554. The molecule has 0 fully saturated rings. The Kier molecular flexibility index (Phi) is 5.44. The molecule has 1 amide bonds. The molecule has 6 heteroatoms. The van der Waals surface area contributed by atoms with Gasteiger partial charge in [0.1, 0.15) is 11.8 Å². The summed E-state index contributed by atoms with van der Waals surface area (Å²) in [7, 11) is 1.51. The number of nitrogens with one attached hydrogen (secondary N) is 1. The molecule has 0 aliphatic carbocycles. The summed E-state index contributed by atoms with van der Waals surface area (Å²) in [4.78, 5) is 12.2. The number of nitriles is 1. The maximum atomic E-state index is 12.2. The lowest BCUT2D eigenvalue weighted by Crippen LogP contribution is -2.28. The molecule has 0 aromatic heterocycles. The van der Waals surface area contributed by atoms with Crippen LogP contribution in [0, 0.1) is 27.2 Å². The van der Waals surface area contributed by atoms with Crippen LogP contribution in [0.5, 0.6) is 5.75 Å². The van der Waals surface area contributed by atoms with Gasteiger partial charge < -0.3 is 10.1 Å². The second-order valence-corrected chi connectivity index (χ2v) is 7.22. The number of rotatable bonds is 2. The predicted molar refractivity (Wildman–Crippen MR) is 90.9 cm³/mol. The van der Waals surface area contributed by atoms with E-state index in [0.29, 0.717) is 17.0 Å². The molecule has 0 unspecified atom stereocenters. The number of hydrogen-bond acceptors (Lipinski definition) is 3. The van der Waals surface area contributed by atoms with E-state index < -0.39 is 5.41 Å². The summed E-state index contributed by atoms with van der Waals surface area (Å²) in [5.74, 6) is 0.300. The van der Waals surface area contributed by atoms with E-state index in [9.17, 15) is 10.1 Å². The standard InChI is InChI=1S/C14H16BrIN2O2/c1-7-8(6-17)11(18-13(19)14(2,3)4)12(20-5)9(15)10(7)16/h1-5H3,(H,18,19). The number of anilines is 1. The molecule has 0 aliphatic rings. The summed E-state index contributed by atoms with van der Waals surface area (Å²) in [6.45, 7) is 7.29. The van der Waals surface area contributed by atoms with Gasteiger partial charge in [-0.05, 0) is 51.0 Å². The topological polar surface area (TPSA) is 62.1 Å². The summed E-state index contributed by atoms with van der Waals surface area (Å²) in [6, 6.07) is 2.14. The van der Waals surface area contributed by atoms with Gasteiger partial charge in [0.25, 0.3) is 0 Å². The van der Waals surface area contributed by atoms with Crippen molar-refractivity contribution in [2.24, 2.45) is 5.41 Å². The first kappa shape index (κ1) is 17.2. The summed E-state index contributed by atoms with van der Waals surface area (Å²) < 4.78 is 6.98. The molecule has 0 bridgehead atoms. The zero-order valence-electron chi connectivity index (χ0n) is 12.0. The molecule has 1 rings (SSSR count). The second-order valence-electron chi connectivity index (χ2n) is 5.35. The van der Waals surface area contributed by atoms with E-state index in [1.165, 1.54) is 7.11 Å². The van der Waals surface area contributed by atoms with Crippen LogP contribution < -0.4 is 10.1 Å². The van der Waals surface area contributed by atoms with Gasteiger partial charge in [-0.2, -0.15) is 5.26 Å². The third kappa shape index (κ3) is 3.26. The average molecular weight is 451 g/mol. The van der Waals surface area contributed by atoms with Gasteiger partial charge in [-0.15, -0.1) is 0 Å². The Balaban J connectivity index is 3.53. The highest BCUT2D eigenvalue weighted by atomic mass is 127. The number of halogens is 2. The van der Waals surface area contributed by atoms with Gasteiger partial charge in [0.15, 0.2) is 5.75 Å². The molecule has 108 valence electrons. The molecule has 0 aliphatic heterocycles. The number of ether oxygens (including phenoxy) is 1. The third-order valence-electron chi connectivity index (χ3n) is 2.81. The van der Waals surface area contributed by atoms with E-state index in [-0.39, 0.29) is 5.91 Å². The maximum Gasteiger partial charge on any atom is 0.229 e. The van der Waals surface area contributed by atoms with Crippen LogP contribution in [0.2, 0.25) is 0 Å². The van der Waals surface area contributed by atoms with Crippen molar-refractivity contribution >= 4 is 50.1 Å². The SMILES string of the molecule is COc1c(Br)c(I)c(C)c(C#N)c1NC(=O)C(C)(C)C. The largest absolute Gasteiger partial charge is 0.493 e. The molecule has 4 nitrogen and oxygen atoms in total. The Morgan fingerprint density at radius 1 is 1.45 bits per heavy atom. The second kappa shape index (κ2) is 6.31. The molecule has 0 atom stereocenters. The van der Waals surface area contributed by atoms with Crippen LogP contribution in [0.4, 0.5) is 5.69 Å². The van der Waals surface area contributed by atoms with Crippen molar-refractivity contribution in [3.63, 3.8) is 0 Å². The van der Waals surface area contributed by atoms with Crippen LogP contribution in [-0.4, -0.2) is 13.0 Å². The Labute approximate surface area is 141 Å². The summed E-state index contributed by atoms with van der Waals surface area (Å²) in [5, 5.41) is 12.2. The van der Waals surface area contributed by atoms with Gasteiger partial charge in [-0.3, -0.25) is 4.79 Å². The number of nitrogens with zero attached hydrogens (tertiary/aromatic N) is 1. The van der Waals surface area contributed by atoms with Crippen LogP contribution in [0.15, 0.2) is 4.47 Å². The number of methoxy groups -OCH3 is 1. The molecule has 0 saturated heterocycles. The molecule has 0 spiro atoms. The quantitative estimate of drug-likeness (QED) is 0.686. The summed E-state index contributed by atoms with van der Waals surface area (Å²) in [5.41, 5.74) is 1.10. The Bertz CT molecular complexity index is 601. The molecule has 1 aromatic carbocycles. The van der Waals surface area contributed by atoms with Gasteiger partial charge >= 0.3 is 0 Å².